The third kappa shape index (κ3) is 2.20. The van der Waals surface area contributed by atoms with Gasteiger partial charge in [0.05, 0.1) is 17.6 Å². The van der Waals surface area contributed by atoms with E-state index < -0.39 is 11.9 Å². The number of nitrogens with one attached hydrogen (secondary N) is 1. The van der Waals surface area contributed by atoms with E-state index in [2.05, 4.69) is 10.3 Å². The molecule has 1 aromatic heterocycles. The Kier molecular flexibility index (Phi) is 2.25. The Morgan fingerprint density at radius 3 is 2.56 bits per heavy atom. The lowest BCUT2D eigenvalue weighted by Gasteiger charge is -2.16. The zero-order valence-corrected chi connectivity index (χ0v) is 8.73. The largest absolute Gasteiger partial charge is 0.433 e. The van der Waals surface area contributed by atoms with E-state index in [1.165, 1.54) is 0 Å². The number of alkyl halides is 3. The summed E-state index contributed by atoms with van der Waals surface area (Å²) < 4.78 is 37.3. The van der Waals surface area contributed by atoms with Crippen LogP contribution in [0.1, 0.15) is 25.5 Å². The Labute approximate surface area is 90.9 Å². The van der Waals surface area contributed by atoms with E-state index in [1.54, 1.807) is 0 Å². The van der Waals surface area contributed by atoms with Gasteiger partial charge >= 0.3 is 6.18 Å². The number of hydrogen-bond acceptors (Lipinski definition) is 3. The van der Waals surface area contributed by atoms with E-state index >= 15 is 0 Å². The summed E-state index contributed by atoms with van der Waals surface area (Å²) in [5.41, 5.74) is 5.08. The minimum atomic E-state index is -4.44. The summed E-state index contributed by atoms with van der Waals surface area (Å²) in [6.45, 7) is 1.94. The number of hydrogen-bond donors (Lipinski definition) is 2. The van der Waals surface area contributed by atoms with Gasteiger partial charge < -0.3 is 11.1 Å². The number of nitrogen functional groups attached to an aromatic ring is 1. The first-order valence-corrected chi connectivity index (χ1v) is 4.91. The highest BCUT2D eigenvalue weighted by molar-refractivity contribution is 5.67. The van der Waals surface area contributed by atoms with Crippen molar-refractivity contribution in [2.45, 2.75) is 31.5 Å². The number of nitrogens with two attached hydrogens (primary N) is 1. The number of anilines is 2. The molecule has 88 valence electrons. The van der Waals surface area contributed by atoms with Crippen molar-refractivity contribution < 1.29 is 13.2 Å². The van der Waals surface area contributed by atoms with Crippen LogP contribution < -0.4 is 11.1 Å². The van der Waals surface area contributed by atoms with Gasteiger partial charge in [-0.05, 0) is 25.8 Å². The lowest BCUT2D eigenvalue weighted by Crippen LogP contribution is -2.18. The van der Waals surface area contributed by atoms with Gasteiger partial charge in [0.2, 0.25) is 0 Å². The van der Waals surface area contributed by atoms with E-state index in [4.69, 9.17) is 5.73 Å². The van der Waals surface area contributed by atoms with Crippen LogP contribution in [0.4, 0.5) is 24.5 Å². The van der Waals surface area contributed by atoms with Crippen LogP contribution >= 0.6 is 0 Å². The molecule has 16 heavy (non-hydrogen) atoms. The third-order valence-corrected chi connectivity index (χ3v) is 2.66. The highest BCUT2D eigenvalue weighted by Gasteiger charge is 2.38. The van der Waals surface area contributed by atoms with E-state index in [0.717, 1.165) is 25.1 Å². The quantitative estimate of drug-likeness (QED) is 0.822. The average Bonchev–Trinajstić information content (AvgIpc) is 2.86. The summed E-state index contributed by atoms with van der Waals surface area (Å²) in [4.78, 5) is 3.27. The molecule has 3 N–H and O–H groups in total. The molecule has 1 saturated carbocycles. The minimum absolute atomic E-state index is 0.113. The summed E-state index contributed by atoms with van der Waals surface area (Å²) in [5, 5.41) is 3.01. The molecule has 0 aromatic carbocycles. The molecule has 1 heterocycles. The molecular weight excluding hydrogens is 219 g/mol. The summed E-state index contributed by atoms with van der Waals surface area (Å²) >= 11 is 0. The van der Waals surface area contributed by atoms with E-state index in [-0.39, 0.29) is 11.2 Å². The van der Waals surface area contributed by atoms with Crippen molar-refractivity contribution in [1.29, 1.82) is 0 Å². The molecule has 1 aliphatic rings. The van der Waals surface area contributed by atoms with Gasteiger partial charge in [-0.1, -0.05) is 0 Å². The van der Waals surface area contributed by atoms with Crippen molar-refractivity contribution >= 4 is 11.4 Å². The van der Waals surface area contributed by atoms with Gasteiger partial charge in [-0.3, -0.25) is 0 Å². The lowest BCUT2D eigenvalue weighted by molar-refractivity contribution is -0.141. The molecule has 0 spiro atoms. The molecular formula is C10H12F3N3. The van der Waals surface area contributed by atoms with Crippen molar-refractivity contribution in [1.82, 2.24) is 4.98 Å². The monoisotopic (exact) mass is 231 g/mol. The fourth-order valence-corrected chi connectivity index (χ4v) is 1.37. The van der Waals surface area contributed by atoms with Crippen molar-refractivity contribution in [2.75, 3.05) is 11.1 Å². The maximum atomic E-state index is 12.4. The first-order valence-electron chi connectivity index (χ1n) is 4.91. The predicted molar refractivity (Wildman–Crippen MR) is 54.9 cm³/mol. The van der Waals surface area contributed by atoms with Gasteiger partial charge in [-0.15, -0.1) is 0 Å². The molecule has 3 nitrogen and oxygen atoms in total. The van der Waals surface area contributed by atoms with Crippen LogP contribution in [0.25, 0.3) is 0 Å². The topological polar surface area (TPSA) is 50.9 Å². The maximum Gasteiger partial charge on any atom is 0.433 e. The molecule has 0 radical (unpaired) electrons. The third-order valence-electron chi connectivity index (χ3n) is 2.66. The van der Waals surface area contributed by atoms with Crippen molar-refractivity contribution in [3.8, 4) is 0 Å². The van der Waals surface area contributed by atoms with Crippen molar-refractivity contribution in [3.05, 3.63) is 18.0 Å². The Balaban J connectivity index is 2.29. The standard InChI is InChI=1S/C10H12F3N3/c1-9(2-3-9)16-7-4-8(10(11,12)13)15-5-6(7)14/h4-5H,2-3,14H2,1H3,(H,15,16). The van der Waals surface area contributed by atoms with Crippen LogP contribution in [-0.4, -0.2) is 10.5 Å². The summed E-state index contributed by atoms with van der Waals surface area (Å²) in [6.07, 6.45) is -1.52. The second kappa shape index (κ2) is 3.26. The van der Waals surface area contributed by atoms with Gasteiger partial charge in [0, 0.05) is 5.54 Å². The zero-order chi connectivity index (χ0) is 12.0. The fraction of sp³-hybridized carbons (Fsp3) is 0.500. The second-order valence-electron chi connectivity index (χ2n) is 4.34. The van der Waals surface area contributed by atoms with Gasteiger partial charge in [-0.2, -0.15) is 13.2 Å². The molecule has 0 unspecified atom stereocenters. The highest BCUT2D eigenvalue weighted by Crippen LogP contribution is 2.40. The first kappa shape index (κ1) is 11.0. The van der Waals surface area contributed by atoms with Crippen molar-refractivity contribution in [2.24, 2.45) is 0 Å². The average molecular weight is 231 g/mol. The number of rotatable bonds is 2. The summed E-state index contributed by atoms with van der Waals surface area (Å²) in [7, 11) is 0. The summed E-state index contributed by atoms with van der Waals surface area (Å²) in [5.74, 6) is 0. The zero-order valence-electron chi connectivity index (χ0n) is 8.73. The SMILES string of the molecule is CC1(Nc2cc(C(F)(F)F)ncc2N)CC1. The molecule has 1 aliphatic carbocycles. The van der Waals surface area contributed by atoms with Gasteiger partial charge in [-0.25, -0.2) is 4.98 Å². The number of pyridine rings is 1. The smallest absolute Gasteiger partial charge is 0.396 e. The highest BCUT2D eigenvalue weighted by atomic mass is 19.4. The second-order valence-corrected chi connectivity index (χ2v) is 4.34. The Bertz CT molecular complexity index is 410. The molecule has 2 rings (SSSR count). The molecule has 0 saturated heterocycles. The van der Waals surface area contributed by atoms with Crippen LogP contribution in [0.15, 0.2) is 12.3 Å². The van der Waals surface area contributed by atoms with Crippen molar-refractivity contribution in [3.63, 3.8) is 0 Å². The lowest BCUT2D eigenvalue weighted by atomic mass is 10.2. The molecule has 0 amide bonds. The van der Waals surface area contributed by atoms with E-state index in [1.807, 2.05) is 6.92 Å². The Morgan fingerprint density at radius 1 is 1.44 bits per heavy atom. The molecule has 6 heteroatoms. The fourth-order valence-electron chi connectivity index (χ4n) is 1.37. The van der Waals surface area contributed by atoms with Crippen LogP contribution in [0, 0.1) is 0 Å². The Hall–Kier alpha value is -1.46. The van der Waals surface area contributed by atoms with Gasteiger partial charge in [0.1, 0.15) is 5.69 Å². The number of nitrogens with zero attached hydrogens (tertiary/aromatic N) is 1. The normalized spacial score (nSPS) is 18.2. The van der Waals surface area contributed by atoms with Crippen LogP contribution in [0.5, 0.6) is 0 Å². The predicted octanol–water partition coefficient (Wildman–Crippen LogP) is 2.65. The molecule has 1 aromatic rings. The number of aromatic nitrogens is 1. The minimum Gasteiger partial charge on any atom is -0.396 e. The summed E-state index contributed by atoms with van der Waals surface area (Å²) in [6, 6.07) is 0.957. The Morgan fingerprint density at radius 2 is 2.06 bits per heavy atom. The van der Waals surface area contributed by atoms with Gasteiger partial charge in [0.25, 0.3) is 0 Å². The van der Waals surface area contributed by atoms with E-state index in [0.29, 0.717) is 5.69 Å². The van der Waals surface area contributed by atoms with Crippen LogP contribution in [0.2, 0.25) is 0 Å². The first-order chi connectivity index (χ1) is 7.30. The maximum absolute atomic E-state index is 12.4. The molecule has 0 bridgehead atoms. The molecule has 0 atom stereocenters. The van der Waals surface area contributed by atoms with Gasteiger partial charge in [0.15, 0.2) is 0 Å². The van der Waals surface area contributed by atoms with Crippen LogP contribution in [-0.2, 0) is 6.18 Å². The number of halogens is 3. The van der Waals surface area contributed by atoms with Crippen LogP contribution in [0.3, 0.4) is 0 Å². The molecule has 0 aliphatic heterocycles. The van der Waals surface area contributed by atoms with E-state index in [9.17, 15) is 13.2 Å². The molecule has 1 fully saturated rings.